The molecule has 0 saturated heterocycles. The summed E-state index contributed by atoms with van der Waals surface area (Å²) in [6.07, 6.45) is 10.9. The molecule has 6 rings (SSSR count). The minimum Gasteiger partial charge on any atom is -0.378 e. The maximum atomic E-state index is 3.98. The van der Waals surface area contributed by atoms with Gasteiger partial charge in [-0.15, -0.1) is 0 Å². The van der Waals surface area contributed by atoms with Gasteiger partial charge >= 0.3 is 0 Å². The zero-order valence-electron chi connectivity index (χ0n) is 11.9. The van der Waals surface area contributed by atoms with Crippen molar-refractivity contribution in [2.45, 2.75) is 44.1 Å². The fourth-order valence-corrected chi connectivity index (χ4v) is 5.72. The van der Waals surface area contributed by atoms with Crippen LogP contribution in [0.25, 0.3) is 10.9 Å². The number of H-pyrrole nitrogens is 1. The van der Waals surface area contributed by atoms with Gasteiger partial charge < -0.3 is 10.3 Å². The summed E-state index contributed by atoms with van der Waals surface area (Å²) in [6, 6.07) is 8.64. The predicted molar refractivity (Wildman–Crippen MR) is 82.8 cm³/mol. The summed E-state index contributed by atoms with van der Waals surface area (Å²) >= 11 is 0. The normalized spacial score (nSPS) is 38.5. The second-order valence-corrected chi connectivity index (χ2v) is 7.57. The van der Waals surface area contributed by atoms with Crippen LogP contribution in [-0.2, 0) is 0 Å². The van der Waals surface area contributed by atoms with E-state index in [2.05, 4.69) is 40.8 Å². The lowest BCUT2D eigenvalue weighted by Gasteiger charge is -2.57. The van der Waals surface area contributed by atoms with Gasteiger partial charge in [0, 0.05) is 22.6 Å². The Labute approximate surface area is 120 Å². The van der Waals surface area contributed by atoms with E-state index in [0.29, 0.717) is 5.54 Å². The zero-order valence-corrected chi connectivity index (χ0v) is 11.9. The quantitative estimate of drug-likeness (QED) is 0.820. The van der Waals surface area contributed by atoms with Crippen LogP contribution in [0.2, 0.25) is 0 Å². The van der Waals surface area contributed by atoms with Crippen LogP contribution in [0.3, 0.4) is 0 Å². The predicted octanol–water partition coefficient (Wildman–Crippen LogP) is 4.55. The SMILES string of the molecule is c1ccc2c(NC34CC5CC(CC(C5)C3)C4)c[nH]c2c1. The van der Waals surface area contributed by atoms with E-state index < -0.39 is 0 Å². The number of hydrogen-bond donors (Lipinski definition) is 2. The van der Waals surface area contributed by atoms with Crippen molar-refractivity contribution in [1.29, 1.82) is 0 Å². The summed E-state index contributed by atoms with van der Waals surface area (Å²) in [6.45, 7) is 0. The van der Waals surface area contributed by atoms with Gasteiger partial charge in [-0.05, 0) is 62.3 Å². The first-order valence-electron chi connectivity index (χ1n) is 8.14. The van der Waals surface area contributed by atoms with Gasteiger partial charge in [0.1, 0.15) is 0 Å². The molecule has 1 aromatic carbocycles. The van der Waals surface area contributed by atoms with Gasteiger partial charge in [-0.1, -0.05) is 18.2 Å². The Morgan fingerprint density at radius 1 is 0.950 bits per heavy atom. The Kier molecular flexibility index (Phi) is 2.14. The van der Waals surface area contributed by atoms with Gasteiger partial charge in [0.05, 0.1) is 5.69 Å². The van der Waals surface area contributed by atoms with Gasteiger partial charge in [-0.25, -0.2) is 0 Å². The van der Waals surface area contributed by atoms with Gasteiger partial charge in [0.15, 0.2) is 0 Å². The smallest absolute Gasteiger partial charge is 0.0602 e. The maximum Gasteiger partial charge on any atom is 0.0602 e. The van der Waals surface area contributed by atoms with E-state index in [1.807, 2.05) is 0 Å². The van der Waals surface area contributed by atoms with Gasteiger partial charge in [0.25, 0.3) is 0 Å². The van der Waals surface area contributed by atoms with Crippen molar-refractivity contribution in [2.24, 2.45) is 17.8 Å². The van der Waals surface area contributed by atoms with Crippen LogP contribution in [0, 0.1) is 17.8 Å². The number of hydrogen-bond acceptors (Lipinski definition) is 1. The molecule has 0 spiro atoms. The van der Waals surface area contributed by atoms with Crippen LogP contribution in [0.1, 0.15) is 38.5 Å². The molecule has 2 aromatic rings. The van der Waals surface area contributed by atoms with Crippen LogP contribution in [0.15, 0.2) is 30.5 Å². The van der Waals surface area contributed by atoms with E-state index in [-0.39, 0.29) is 0 Å². The van der Waals surface area contributed by atoms with Crippen molar-refractivity contribution in [3.05, 3.63) is 30.5 Å². The maximum absolute atomic E-state index is 3.98. The number of anilines is 1. The lowest BCUT2D eigenvalue weighted by molar-refractivity contribution is 0.0108. The molecule has 4 aliphatic carbocycles. The lowest BCUT2D eigenvalue weighted by Crippen LogP contribution is -2.54. The molecule has 1 aromatic heterocycles. The molecular weight excluding hydrogens is 244 g/mol. The molecule has 2 nitrogen and oxygen atoms in total. The van der Waals surface area contributed by atoms with Crippen LogP contribution >= 0.6 is 0 Å². The van der Waals surface area contributed by atoms with Crippen molar-refractivity contribution in [2.75, 3.05) is 5.32 Å². The average Bonchev–Trinajstić information content (AvgIpc) is 2.80. The van der Waals surface area contributed by atoms with E-state index >= 15 is 0 Å². The third-order valence-electron chi connectivity index (χ3n) is 6.03. The Bertz CT molecular complexity index is 619. The molecule has 104 valence electrons. The molecule has 0 radical (unpaired) electrons. The standard InChI is InChI=1S/C18H22N2/c1-2-4-16-15(3-1)17(11-19-16)20-18-8-12-5-13(9-18)7-14(6-12)10-18/h1-4,11-14,19-20H,5-10H2. The van der Waals surface area contributed by atoms with E-state index in [1.54, 1.807) is 0 Å². The van der Waals surface area contributed by atoms with Crippen molar-refractivity contribution in [3.63, 3.8) is 0 Å². The number of nitrogens with one attached hydrogen (secondary N) is 2. The summed E-state index contributed by atoms with van der Waals surface area (Å²) < 4.78 is 0. The largest absolute Gasteiger partial charge is 0.378 e. The molecule has 0 amide bonds. The molecule has 4 aliphatic rings. The zero-order chi connectivity index (χ0) is 13.2. The highest BCUT2D eigenvalue weighted by atomic mass is 15.0. The minimum atomic E-state index is 0.402. The fourth-order valence-electron chi connectivity index (χ4n) is 5.72. The van der Waals surface area contributed by atoms with Crippen LogP contribution in [0.5, 0.6) is 0 Å². The Balaban J connectivity index is 1.52. The van der Waals surface area contributed by atoms with Gasteiger partial charge in [-0.2, -0.15) is 0 Å². The van der Waals surface area contributed by atoms with E-state index in [4.69, 9.17) is 0 Å². The molecule has 2 heteroatoms. The minimum absolute atomic E-state index is 0.402. The monoisotopic (exact) mass is 266 g/mol. The summed E-state index contributed by atoms with van der Waals surface area (Å²) in [5.74, 6) is 3.00. The molecule has 4 bridgehead atoms. The number of aromatic amines is 1. The molecule has 20 heavy (non-hydrogen) atoms. The topological polar surface area (TPSA) is 27.8 Å². The van der Waals surface area contributed by atoms with E-state index in [9.17, 15) is 0 Å². The Morgan fingerprint density at radius 2 is 1.60 bits per heavy atom. The lowest BCUT2D eigenvalue weighted by atomic mass is 9.53. The first-order chi connectivity index (χ1) is 9.80. The molecular formula is C18H22N2. The third kappa shape index (κ3) is 1.57. The number of benzene rings is 1. The Hall–Kier alpha value is -1.44. The highest BCUT2D eigenvalue weighted by Crippen LogP contribution is 2.56. The van der Waals surface area contributed by atoms with Crippen LogP contribution in [0.4, 0.5) is 5.69 Å². The second-order valence-electron chi connectivity index (χ2n) is 7.57. The number of rotatable bonds is 2. The molecule has 4 fully saturated rings. The fraction of sp³-hybridized carbons (Fsp3) is 0.556. The molecule has 0 unspecified atom stereocenters. The Morgan fingerprint density at radius 3 is 2.30 bits per heavy atom. The van der Waals surface area contributed by atoms with Gasteiger partial charge in [-0.3, -0.25) is 0 Å². The highest BCUT2D eigenvalue weighted by molar-refractivity contribution is 5.92. The number of aromatic nitrogens is 1. The number of para-hydroxylation sites is 1. The third-order valence-corrected chi connectivity index (χ3v) is 6.03. The van der Waals surface area contributed by atoms with Crippen LogP contribution in [-0.4, -0.2) is 10.5 Å². The van der Waals surface area contributed by atoms with Crippen molar-refractivity contribution < 1.29 is 0 Å². The summed E-state index contributed by atoms with van der Waals surface area (Å²) in [5.41, 5.74) is 2.97. The van der Waals surface area contributed by atoms with Crippen LogP contribution < -0.4 is 5.32 Å². The van der Waals surface area contributed by atoms with Crippen molar-refractivity contribution >= 4 is 16.6 Å². The summed E-state index contributed by atoms with van der Waals surface area (Å²) in [4.78, 5) is 3.41. The van der Waals surface area contributed by atoms with E-state index in [1.165, 1.54) is 55.1 Å². The second kappa shape index (κ2) is 3.81. The first-order valence-corrected chi connectivity index (χ1v) is 8.14. The summed E-state index contributed by atoms with van der Waals surface area (Å²) in [5, 5.41) is 5.33. The molecule has 4 saturated carbocycles. The molecule has 2 N–H and O–H groups in total. The van der Waals surface area contributed by atoms with Crippen molar-refractivity contribution in [3.8, 4) is 0 Å². The first kappa shape index (κ1) is 11.2. The molecule has 0 aliphatic heterocycles. The number of fused-ring (bicyclic) bond motifs is 1. The summed E-state index contributed by atoms with van der Waals surface area (Å²) in [7, 11) is 0. The van der Waals surface area contributed by atoms with E-state index in [0.717, 1.165) is 17.8 Å². The average molecular weight is 266 g/mol. The molecule has 0 atom stereocenters. The van der Waals surface area contributed by atoms with Crippen molar-refractivity contribution in [1.82, 2.24) is 4.98 Å². The molecule has 1 heterocycles. The van der Waals surface area contributed by atoms with Gasteiger partial charge in [0.2, 0.25) is 0 Å². The highest BCUT2D eigenvalue weighted by Gasteiger charge is 2.50.